The molecule has 0 N–H and O–H groups in total. The zero-order valence-corrected chi connectivity index (χ0v) is 15.1. The van der Waals surface area contributed by atoms with Gasteiger partial charge in [-0.25, -0.2) is 9.07 Å². The Morgan fingerprint density at radius 3 is 2.77 bits per heavy atom. The minimum atomic E-state index is -0.296. The minimum Gasteiger partial charge on any atom is -0.467 e. The summed E-state index contributed by atoms with van der Waals surface area (Å²) in [5.74, 6) is 0.360. The molecular weight excluding hydrogens is 353 g/mol. The predicted molar refractivity (Wildman–Crippen MR) is 98.1 cm³/mol. The van der Waals surface area contributed by atoms with Gasteiger partial charge in [-0.3, -0.25) is 4.79 Å². The molecule has 0 fully saturated rings. The Hall–Kier alpha value is -2.93. The number of carbonyl (C=O) groups is 1. The van der Waals surface area contributed by atoms with Crippen molar-refractivity contribution in [2.24, 2.45) is 0 Å². The molecule has 7 heteroatoms. The molecule has 132 valence electrons. The summed E-state index contributed by atoms with van der Waals surface area (Å²) >= 11 is 1.38. The molecule has 4 rings (SSSR count). The molecule has 0 spiro atoms. The molecule has 0 saturated carbocycles. The highest BCUT2D eigenvalue weighted by Crippen LogP contribution is 2.31. The third-order valence-electron chi connectivity index (χ3n) is 4.15. The highest BCUT2D eigenvalue weighted by Gasteiger charge is 2.20. The van der Waals surface area contributed by atoms with Gasteiger partial charge < -0.3 is 9.32 Å². The fourth-order valence-corrected chi connectivity index (χ4v) is 3.98. The maximum Gasteiger partial charge on any atom is 0.264 e. The molecule has 3 aromatic heterocycles. The normalized spacial score (nSPS) is 11.2. The Morgan fingerprint density at radius 2 is 2.08 bits per heavy atom. The lowest BCUT2D eigenvalue weighted by molar-refractivity contribution is 0.0780. The summed E-state index contributed by atoms with van der Waals surface area (Å²) in [4.78, 5) is 15.9. The zero-order valence-electron chi connectivity index (χ0n) is 14.3. The van der Waals surface area contributed by atoms with E-state index in [9.17, 15) is 9.18 Å². The van der Waals surface area contributed by atoms with Crippen molar-refractivity contribution in [3.05, 3.63) is 70.9 Å². The Bertz CT molecular complexity index is 1060. The highest BCUT2D eigenvalue weighted by molar-refractivity contribution is 7.20. The second-order valence-electron chi connectivity index (χ2n) is 6.04. The van der Waals surface area contributed by atoms with Gasteiger partial charge >= 0.3 is 0 Å². The van der Waals surface area contributed by atoms with Crippen LogP contribution in [0.2, 0.25) is 0 Å². The predicted octanol–water partition coefficient (Wildman–Crippen LogP) is 4.40. The quantitative estimate of drug-likeness (QED) is 0.536. The number of rotatable bonds is 4. The van der Waals surface area contributed by atoms with Crippen molar-refractivity contribution in [3.8, 4) is 5.69 Å². The molecule has 0 radical (unpaired) electrons. The van der Waals surface area contributed by atoms with E-state index in [-0.39, 0.29) is 11.7 Å². The number of hydrogen-bond donors (Lipinski definition) is 0. The van der Waals surface area contributed by atoms with Crippen molar-refractivity contribution < 1.29 is 13.6 Å². The number of halogens is 1. The third-order valence-corrected chi connectivity index (χ3v) is 5.25. The lowest BCUT2D eigenvalue weighted by Gasteiger charge is -2.14. The highest BCUT2D eigenvalue weighted by atomic mass is 32.1. The van der Waals surface area contributed by atoms with Crippen LogP contribution in [0, 0.1) is 12.7 Å². The van der Waals surface area contributed by atoms with Crippen molar-refractivity contribution in [1.29, 1.82) is 0 Å². The number of benzene rings is 1. The Balaban J connectivity index is 1.68. The summed E-state index contributed by atoms with van der Waals surface area (Å²) in [6.07, 6.45) is 1.59. The summed E-state index contributed by atoms with van der Waals surface area (Å²) in [5, 5.41) is 5.45. The van der Waals surface area contributed by atoms with E-state index in [1.807, 2.05) is 19.1 Å². The number of fused-ring (bicyclic) bond motifs is 1. The first-order chi connectivity index (χ1) is 12.5. The summed E-state index contributed by atoms with van der Waals surface area (Å²) in [5.41, 5.74) is 1.59. The van der Waals surface area contributed by atoms with Crippen LogP contribution < -0.4 is 0 Å². The fourth-order valence-electron chi connectivity index (χ4n) is 2.81. The average Bonchev–Trinajstić information content (AvgIpc) is 3.34. The molecule has 1 aromatic carbocycles. The molecular formula is C19H16FN3O2S. The molecule has 0 bridgehead atoms. The van der Waals surface area contributed by atoms with Crippen LogP contribution in [0.3, 0.4) is 0 Å². The molecule has 0 aliphatic rings. The number of thiophene rings is 1. The number of amides is 1. The van der Waals surface area contributed by atoms with E-state index < -0.39 is 0 Å². The van der Waals surface area contributed by atoms with Crippen LogP contribution in [-0.4, -0.2) is 27.6 Å². The van der Waals surface area contributed by atoms with E-state index in [0.717, 1.165) is 27.4 Å². The average molecular weight is 369 g/mol. The van der Waals surface area contributed by atoms with Gasteiger partial charge in [0.15, 0.2) is 0 Å². The Labute approximate surface area is 153 Å². The van der Waals surface area contributed by atoms with E-state index in [0.29, 0.717) is 11.4 Å². The van der Waals surface area contributed by atoms with E-state index >= 15 is 0 Å². The summed E-state index contributed by atoms with van der Waals surface area (Å²) < 4.78 is 20.2. The first-order valence-corrected chi connectivity index (χ1v) is 8.87. The Kier molecular flexibility index (Phi) is 4.08. The van der Waals surface area contributed by atoms with Crippen LogP contribution in [-0.2, 0) is 6.54 Å². The van der Waals surface area contributed by atoms with Crippen LogP contribution in [0.5, 0.6) is 0 Å². The number of aromatic nitrogens is 2. The van der Waals surface area contributed by atoms with Crippen molar-refractivity contribution >= 4 is 27.5 Å². The number of aryl methyl sites for hydroxylation is 1. The van der Waals surface area contributed by atoms with Crippen LogP contribution >= 0.6 is 11.3 Å². The monoisotopic (exact) mass is 369 g/mol. The van der Waals surface area contributed by atoms with Gasteiger partial charge in [0, 0.05) is 12.4 Å². The molecule has 0 aliphatic heterocycles. The summed E-state index contributed by atoms with van der Waals surface area (Å²) in [6, 6.07) is 11.6. The first kappa shape index (κ1) is 16.5. The van der Waals surface area contributed by atoms with Gasteiger partial charge in [-0.2, -0.15) is 5.10 Å². The van der Waals surface area contributed by atoms with Gasteiger partial charge in [0.2, 0.25) is 0 Å². The molecule has 5 nitrogen and oxygen atoms in total. The number of furan rings is 1. The van der Waals surface area contributed by atoms with E-state index in [2.05, 4.69) is 5.10 Å². The molecule has 0 atom stereocenters. The molecule has 26 heavy (non-hydrogen) atoms. The van der Waals surface area contributed by atoms with Crippen molar-refractivity contribution in [3.63, 3.8) is 0 Å². The molecule has 0 saturated heterocycles. The van der Waals surface area contributed by atoms with Gasteiger partial charge in [-0.15, -0.1) is 11.3 Å². The zero-order chi connectivity index (χ0) is 18.3. The van der Waals surface area contributed by atoms with E-state index in [1.54, 1.807) is 41.1 Å². The van der Waals surface area contributed by atoms with Crippen LogP contribution in [0.4, 0.5) is 4.39 Å². The van der Waals surface area contributed by atoms with Crippen molar-refractivity contribution in [2.45, 2.75) is 13.5 Å². The molecule has 4 aromatic rings. The van der Waals surface area contributed by atoms with Gasteiger partial charge in [0.05, 0.1) is 29.1 Å². The second kappa shape index (κ2) is 6.42. The first-order valence-electron chi connectivity index (χ1n) is 8.06. The maximum absolute atomic E-state index is 13.2. The largest absolute Gasteiger partial charge is 0.467 e. The molecule has 3 heterocycles. The fraction of sp³-hybridized carbons (Fsp3) is 0.158. The standard InChI is InChI=1S/C19H16FN3O2S/c1-12-16-10-17(18(24)22(2)11-15-4-3-9-25-15)26-19(16)23(21-12)14-7-5-13(20)6-8-14/h3-10H,11H2,1-2H3. The molecule has 0 aliphatic carbocycles. The van der Waals surface area contributed by atoms with Crippen LogP contribution in [0.1, 0.15) is 21.1 Å². The summed E-state index contributed by atoms with van der Waals surface area (Å²) in [7, 11) is 1.74. The van der Waals surface area contributed by atoms with Gasteiger partial charge in [-0.1, -0.05) is 0 Å². The Morgan fingerprint density at radius 1 is 1.31 bits per heavy atom. The molecule has 0 unspecified atom stereocenters. The second-order valence-corrected chi connectivity index (χ2v) is 7.07. The van der Waals surface area contributed by atoms with E-state index in [4.69, 9.17) is 4.42 Å². The molecule has 1 amide bonds. The number of nitrogens with zero attached hydrogens (tertiary/aromatic N) is 3. The number of hydrogen-bond acceptors (Lipinski definition) is 4. The van der Waals surface area contributed by atoms with Gasteiger partial charge in [0.1, 0.15) is 16.4 Å². The van der Waals surface area contributed by atoms with Crippen molar-refractivity contribution in [1.82, 2.24) is 14.7 Å². The van der Waals surface area contributed by atoms with Crippen molar-refractivity contribution in [2.75, 3.05) is 7.05 Å². The number of carbonyl (C=O) groups excluding carboxylic acids is 1. The van der Waals surface area contributed by atoms with Crippen LogP contribution in [0.15, 0.2) is 53.1 Å². The maximum atomic E-state index is 13.2. The van der Waals surface area contributed by atoms with E-state index in [1.165, 1.54) is 23.5 Å². The topological polar surface area (TPSA) is 51.3 Å². The van der Waals surface area contributed by atoms with Gasteiger partial charge in [0.25, 0.3) is 5.91 Å². The van der Waals surface area contributed by atoms with Crippen LogP contribution in [0.25, 0.3) is 15.9 Å². The lowest BCUT2D eigenvalue weighted by Crippen LogP contribution is -2.25. The lowest BCUT2D eigenvalue weighted by atomic mass is 10.3. The smallest absolute Gasteiger partial charge is 0.264 e. The SMILES string of the molecule is Cc1nn(-c2ccc(F)cc2)c2sc(C(=O)N(C)Cc3ccco3)cc12. The summed E-state index contributed by atoms with van der Waals surface area (Å²) in [6.45, 7) is 2.30. The minimum absolute atomic E-state index is 0.0762. The van der Waals surface area contributed by atoms with Gasteiger partial charge in [-0.05, 0) is 49.4 Å². The third kappa shape index (κ3) is 2.90.